The van der Waals surface area contributed by atoms with Gasteiger partial charge in [-0.2, -0.15) is 0 Å². The molecule has 0 saturated carbocycles. The molecule has 30 heavy (non-hydrogen) atoms. The van der Waals surface area contributed by atoms with Crippen molar-refractivity contribution in [3.63, 3.8) is 0 Å². The molecule has 2 aromatic carbocycles. The number of nitrogens with zero attached hydrogens (tertiary/aromatic N) is 2. The van der Waals surface area contributed by atoms with Crippen LogP contribution in [0.25, 0.3) is 10.8 Å². The molecule has 1 N–H and O–H groups in total. The molecule has 1 amide bonds. The molecule has 4 rings (SSSR count). The SMILES string of the molecule is CCn1nc(OC(=O)N[C@@H]2CCc3ccccc32)c2cc(OC)c(OC)cc2c1=O. The number of benzene rings is 2. The molecule has 0 radical (unpaired) electrons. The molecule has 1 heterocycles. The fourth-order valence-electron chi connectivity index (χ4n) is 3.84. The summed E-state index contributed by atoms with van der Waals surface area (Å²) in [6, 6.07) is 11.1. The van der Waals surface area contributed by atoms with Crippen LogP contribution in [0.4, 0.5) is 4.79 Å². The van der Waals surface area contributed by atoms with Gasteiger partial charge in [0.1, 0.15) is 0 Å². The third-order valence-corrected chi connectivity index (χ3v) is 5.34. The monoisotopic (exact) mass is 409 g/mol. The summed E-state index contributed by atoms with van der Waals surface area (Å²) in [5.41, 5.74) is 2.02. The second-order valence-corrected chi connectivity index (χ2v) is 7.00. The maximum atomic E-state index is 12.7. The van der Waals surface area contributed by atoms with Gasteiger partial charge in [0.2, 0.25) is 5.88 Å². The Labute approximate surface area is 173 Å². The predicted molar refractivity (Wildman–Crippen MR) is 111 cm³/mol. The van der Waals surface area contributed by atoms with Gasteiger partial charge in [0, 0.05) is 6.54 Å². The van der Waals surface area contributed by atoms with Gasteiger partial charge in [-0.25, -0.2) is 9.48 Å². The van der Waals surface area contributed by atoms with Crippen molar-refractivity contribution in [2.45, 2.75) is 32.4 Å². The highest BCUT2D eigenvalue weighted by Crippen LogP contribution is 2.34. The Balaban J connectivity index is 1.69. The normalized spacial score (nSPS) is 15.0. The van der Waals surface area contributed by atoms with E-state index < -0.39 is 6.09 Å². The third kappa shape index (κ3) is 3.45. The Bertz CT molecular complexity index is 1170. The fourth-order valence-corrected chi connectivity index (χ4v) is 3.84. The van der Waals surface area contributed by atoms with Crippen LogP contribution < -0.4 is 25.1 Å². The minimum Gasteiger partial charge on any atom is -0.493 e. The average molecular weight is 409 g/mol. The van der Waals surface area contributed by atoms with E-state index in [9.17, 15) is 9.59 Å². The maximum Gasteiger partial charge on any atom is 0.414 e. The van der Waals surface area contributed by atoms with Crippen LogP contribution in [-0.4, -0.2) is 30.1 Å². The Morgan fingerprint density at radius 1 is 1.17 bits per heavy atom. The van der Waals surface area contributed by atoms with E-state index in [1.807, 2.05) is 18.2 Å². The minimum atomic E-state index is -0.624. The van der Waals surface area contributed by atoms with E-state index >= 15 is 0 Å². The Morgan fingerprint density at radius 2 is 1.87 bits per heavy atom. The Morgan fingerprint density at radius 3 is 2.57 bits per heavy atom. The number of rotatable bonds is 5. The van der Waals surface area contributed by atoms with E-state index in [-0.39, 0.29) is 17.5 Å². The number of methoxy groups -OCH3 is 2. The van der Waals surface area contributed by atoms with E-state index in [2.05, 4.69) is 16.5 Å². The Kier molecular flexibility index (Phi) is 5.31. The molecule has 1 aliphatic rings. The molecule has 0 spiro atoms. The summed E-state index contributed by atoms with van der Waals surface area (Å²) < 4.78 is 17.4. The largest absolute Gasteiger partial charge is 0.493 e. The lowest BCUT2D eigenvalue weighted by molar-refractivity contribution is 0.193. The highest BCUT2D eigenvalue weighted by atomic mass is 16.6. The maximum absolute atomic E-state index is 12.7. The number of carbonyl (C=O) groups is 1. The highest BCUT2D eigenvalue weighted by Gasteiger charge is 2.25. The van der Waals surface area contributed by atoms with Gasteiger partial charge in [-0.3, -0.25) is 4.79 Å². The van der Waals surface area contributed by atoms with Gasteiger partial charge in [0.05, 0.1) is 31.0 Å². The quantitative estimate of drug-likeness (QED) is 0.696. The molecule has 1 aliphatic carbocycles. The van der Waals surface area contributed by atoms with Crippen molar-refractivity contribution in [2.24, 2.45) is 0 Å². The van der Waals surface area contributed by atoms with Gasteiger partial charge in [0.15, 0.2) is 11.5 Å². The molecule has 156 valence electrons. The standard InChI is InChI=1S/C22H23N3O5/c1-4-25-21(26)16-12-19(29-3)18(28-2)11-15(16)20(24-25)30-22(27)23-17-10-9-13-7-5-6-8-14(13)17/h5-8,11-12,17H,4,9-10H2,1-3H3,(H,23,27)/t17-/m1/s1. The number of hydrogen-bond acceptors (Lipinski definition) is 6. The summed E-state index contributed by atoms with van der Waals surface area (Å²) in [6.45, 7) is 2.12. The lowest BCUT2D eigenvalue weighted by Crippen LogP contribution is -2.31. The minimum absolute atomic E-state index is 0.0381. The smallest absolute Gasteiger partial charge is 0.414 e. The van der Waals surface area contributed by atoms with Gasteiger partial charge in [-0.1, -0.05) is 24.3 Å². The number of aryl methyl sites for hydroxylation is 2. The number of hydrogen-bond donors (Lipinski definition) is 1. The summed E-state index contributed by atoms with van der Waals surface area (Å²) in [5.74, 6) is 0.862. The van der Waals surface area contributed by atoms with E-state index in [4.69, 9.17) is 14.2 Å². The molecule has 3 aromatic rings. The second-order valence-electron chi connectivity index (χ2n) is 7.00. The third-order valence-electron chi connectivity index (χ3n) is 5.34. The molecular formula is C22H23N3O5. The predicted octanol–water partition coefficient (Wildman–Crippen LogP) is 3.21. The summed E-state index contributed by atoms with van der Waals surface area (Å²) >= 11 is 0. The van der Waals surface area contributed by atoms with Crippen LogP contribution in [0, 0.1) is 0 Å². The first-order chi connectivity index (χ1) is 14.5. The van der Waals surface area contributed by atoms with Gasteiger partial charge in [-0.15, -0.1) is 5.10 Å². The first-order valence-electron chi connectivity index (χ1n) is 9.78. The van der Waals surface area contributed by atoms with E-state index in [1.165, 1.54) is 24.5 Å². The molecule has 8 nitrogen and oxygen atoms in total. The van der Waals surface area contributed by atoms with E-state index in [0.717, 1.165) is 18.4 Å². The van der Waals surface area contributed by atoms with Crippen LogP contribution >= 0.6 is 0 Å². The first-order valence-corrected chi connectivity index (χ1v) is 9.78. The molecule has 0 fully saturated rings. The lowest BCUT2D eigenvalue weighted by atomic mass is 10.1. The molecule has 0 aliphatic heterocycles. The zero-order valence-electron chi connectivity index (χ0n) is 17.1. The zero-order valence-corrected chi connectivity index (χ0v) is 17.1. The number of ether oxygens (including phenoxy) is 3. The molecule has 0 bridgehead atoms. The van der Waals surface area contributed by atoms with Gasteiger partial charge in [-0.05, 0) is 43.0 Å². The summed E-state index contributed by atoms with van der Waals surface area (Å²) in [6.07, 6.45) is 1.09. The number of carbonyl (C=O) groups excluding carboxylic acids is 1. The molecule has 0 unspecified atom stereocenters. The van der Waals surface area contributed by atoms with Crippen molar-refractivity contribution >= 4 is 16.9 Å². The molecule has 0 saturated heterocycles. The zero-order chi connectivity index (χ0) is 21.3. The lowest BCUT2D eigenvalue weighted by Gasteiger charge is -2.16. The van der Waals surface area contributed by atoms with Gasteiger partial charge in [0.25, 0.3) is 5.56 Å². The van der Waals surface area contributed by atoms with Crippen molar-refractivity contribution < 1.29 is 19.0 Å². The van der Waals surface area contributed by atoms with E-state index in [0.29, 0.717) is 28.8 Å². The Hall–Kier alpha value is -3.55. The summed E-state index contributed by atoms with van der Waals surface area (Å²) in [4.78, 5) is 25.4. The van der Waals surface area contributed by atoms with Crippen LogP contribution in [0.2, 0.25) is 0 Å². The molecule has 8 heteroatoms. The average Bonchev–Trinajstić information content (AvgIpc) is 3.17. The van der Waals surface area contributed by atoms with Crippen molar-refractivity contribution in [1.82, 2.24) is 15.1 Å². The fraction of sp³-hybridized carbons (Fsp3) is 0.318. The van der Waals surface area contributed by atoms with Crippen LogP contribution in [0.1, 0.15) is 30.5 Å². The van der Waals surface area contributed by atoms with Crippen LogP contribution in [0.15, 0.2) is 41.2 Å². The van der Waals surface area contributed by atoms with Gasteiger partial charge < -0.3 is 19.5 Å². The number of nitrogens with one attached hydrogen (secondary N) is 1. The second kappa shape index (κ2) is 8.06. The van der Waals surface area contributed by atoms with Crippen molar-refractivity contribution in [2.75, 3.05) is 14.2 Å². The van der Waals surface area contributed by atoms with Crippen LogP contribution in [-0.2, 0) is 13.0 Å². The van der Waals surface area contributed by atoms with Crippen molar-refractivity contribution in [3.05, 3.63) is 57.9 Å². The van der Waals surface area contributed by atoms with Crippen molar-refractivity contribution in [1.29, 1.82) is 0 Å². The highest BCUT2D eigenvalue weighted by molar-refractivity contribution is 5.90. The van der Waals surface area contributed by atoms with Gasteiger partial charge >= 0.3 is 6.09 Å². The van der Waals surface area contributed by atoms with E-state index in [1.54, 1.807) is 19.1 Å². The molecule has 1 aromatic heterocycles. The molecular weight excluding hydrogens is 386 g/mol. The topological polar surface area (TPSA) is 91.7 Å². The molecule has 1 atom stereocenters. The number of amides is 1. The number of fused-ring (bicyclic) bond motifs is 2. The summed E-state index contributed by atoms with van der Waals surface area (Å²) in [5, 5.41) is 7.85. The summed E-state index contributed by atoms with van der Waals surface area (Å²) in [7, 11) is 2.99. The first kappa shape index (κ1) is 19.8. The van der Waals surface area contributed by atoms with Crippen molar-refractivity contribution in [3.8, 4) is 17.4 Å². The van der Waals surface area contributed by atoms with Crippen LogP contribution in [0.3, 0.4) is 0 Å². The number of aromatic nitrogens is 2. The van der Waals surface area contributed by atoms with Crippen LogP contribution in [0.5, 0.6) is 17.4 Å².